The van der Waals surface area contributed by atoms with Crippen molar-refractivity contribution < 1.29 is 4.79 Å². The first-order chi connectivity index (χ1) is 11.6. The Morgan fingerprint density at radius 1 is 1.42 bits per heavy atom. The van der Waals surface area contributed by atoms with Crippen LogP contribution in [0.15, 0.2) is 24.3 Å². The minimum atomic E-state index is 0.0331. The lowest BCUT2D eigenvalue weighted by Gasteiger charge is -2.30. The van der Waals surface area contributed by atoms with E-state index in [4.69, 9.17) is 5.73 Å². The van der Waals surface area contributed by atoms with Gasteiger partial charge in [-0.3, -0.25) is 4.79 Å². The van der Waals surface area contributed by atoms with Gasteiger partial charge < -0.3 is 10.6 Å². The third-order valence-electron chi connectivity index (χ3n) is 4.60. The number of aromatic nitrogens is 1. The second-order valence-electron chi connectivity index (χ2n) is 5.99. The number of amides is 1. The highest BCUT2D eigenvalue weighted by atomic mass is 16.2. The van der Waals surface area contributed by atoms with Crippen LogP contribution in [0.1, 0.15) is 36.2 Å². The zero-order valence-electron chi connectivity index (χ0n) is 14.0. The van der Waals surface area contributed by atoms with E-state index >= 15 is 0 Å². The van der Waals surface area contributed by atoms with Crippen LogP contribution in [0.5, 0.6) is 0 Å². The molecule has 1 aliphatic rings. The highest BCUT2D eigenvalue weighted by Crippen LogP contribution is 2.36. The predicted octanol–water partition coefficient (Wildman–Crippen LogP) is 2.67. The lowest BCUT2D eigenvalue weighted by atomic mass is 9.88. The lowest BCUT2D eigenvalue weighted by Crippen LogP contribution is -2.35. The number of nitrogens with zero attached hydrogens (tertiary/aromatic N) is 3. The van der Waals surface area contributed by atoms with Gasteiger partial charge in [-0.15, -0.1) is 0 Å². The Balaban J connectivity index is 2.30. The Hall–Kier alpha value is -2.87. The molecule has 1 amide bonds. The molecule has 0 radical (unpaired) electrons. The van der Waals surface area contributed by atoms with Crippen LogP contribution < -0.4 is 5.73 Å². The SMILES string of the molecule is CCc1ccccc1-c1c(C#N)c(N)nc2c1CN(C(C)=O)CC2. The maximum Gasteiger partial charge on any atom is 0.219 e. The van der Waals surface area contributed by atoms with E-state index in [0.29, 0.717) is 25.1 Å². The first-order valence-electron chi connectivity index (χ1n) is 8.11. The Kier molecular flexibility index (Phi) is 4.22. The summed E-state index contributed by atoms with van der Waals surface area (Å²) < 4.78 is 0. The molecule has 3 rings (SSSR count). The summed E-state index contributed by atoms with van der Waals surface area (Å²) in [5.41, 5.74) is 11.3. The number of nitrogen functional groups attached to an aromatic ring is 1. The van der Waals surface area contributed by atoms with E-state index in [1.807, 2.05) is 18.2 Å². The highest BCUT2D eigenvalue weighted by molar-refractivity contribution is 5.82. The number of hydrogen-bond acceptors (Lipinski definition) is 4. The van der Waals surface area contributed by atoms with Crippen LogP contribution in [0.25, 0.3) is 11.1 Å². The van der Waals surface area contributed by atoms with Crippen molar-refractivity contribution in [2.75, 3.05) is 12.3 Å². The average molecular weight is 320 g/mol. The summed E-state index contributed by atoms with van der Waals surface area (Å²) in [5.74, 6) is 0.305. The topological polar surface area (TPSA) is 83.0 Å². The minimum absolute atomic E-state index is 0.0331. The maximum absolute atomic E-state index is 11.8. The molecule has 2 N–H and O–H groups in total. The number of hydrogen-bond donors (Lipinski definition) is 1. The summed E-state index contributed by atoms with van der Waals surface area (Å²) in [6, 6.07) is 10.2. The predicted molar refractivity (Wildman–Crippen MR) is 93.0 cm³/mol. The van der Waals surface area contributed by atoms with Crippen molar-refractivity contribution in [2.45, 2.75) is 33.2 Å². The van der Waals surface area contributed by atoms with Crippen molar-refractivity contribution in [2.24, 2.45) is 0 Å². The van der Waals surface area contributed by atoms with Gasteiger partial charge in [0.05, 0.1) is 5.69 Å². The molecule has 0 aliphatic carbocycles. The molecule has 5 heteroatoms. The quantitative estimate of drug-likeness (QED) is 0.922. The van der Waals surface area contributed by atoms with E-state index < -0.39 is 0 Å². The number of fused-ring (bicyclic) bond motifs is 1. The van der Waals surface area contributed by atoms with Gasteiger partial charge in [0, 0.05) is 37.6 Å². The van der Waals surface area contributed by atoms with Gasteiger partial charge in [-0.05, 0) is 17.5 Å². The molecule has 1 aliphatic heterocycles. The minimum Gasteiger partial charge on any atom is -0.383 e. The summed E-state index contributed by atoms with van der Waals surface area (Å²) >= 11 is 0. The monoisotopic (exact) mass is 320 g/mol. The smallest absolute Gasteiger partial charge is 0.219 e. The summed E-state index contributed by atoms with van der Waals surface area (Å²) in [6.45, 7) is 4.76. The molecule has 0 bridgehead atoms. The maximum atomic E-state index is 11.8. The van der Waals surface area contributed by atoms with Crippen LogP contribution in [0.3, 0.4) is 0 Å². The van der Waals surface area contributed by atoms with Gasteiger partial charge in [0.2, 0.25) is 5.91 Å². The molecule has 0 saturated carbocycles. The molecule has 1 aromatic carbocycles. The molecule has 122 valence electrons. The Bertz CT molecular complexity index is 851. The molecule has 2 aromatic rings. The molecular weight excluding hydrogens is 300 g/mol. The van der Waals surface area contributed by atoms with Gasteiger partial charge in [-0.2, -0.15) is 5.26 Å². The Morgan fingerprint density at radius 2 is 2.17 bits per heavy atom. The summed E-state index contributed by atoms with van der Waals surface area (Å²) in [6.07, 6.45) is 1.51. The van der Waals surface area contributed by atoms with E-state index in [2.05, 4.69) is 24.0 Å². The standard InChI is InChI=1S/C19H20N4O/c1-3-13-6-4-5-7-14(13)18-15(10-20)19(21)22-17-8-9-23(12(2)24)11-16(17)18/h4-7H,3,8-9,11H2,1-2H3,(H2,21,22). The van der Waals surface area contributed by atoms with Crippen LogP contribution in [0, 0.1) is 11.3 Å². The van der Waals surface area contributed by atoms with Crippen LogP contribution in [-0.4, -0.2) is 22.3 Å². The fourth-order valence-electron chi connectivity index (χ4n) is 3.33. The summed E-state index contributed by atoms with van der Waals surface area (Å²) in [4.78, 5) is 18.0. The van der Waals surface area contributed by atoms with Crippen LogP contribution in [-0.2, 0) is 24.2 Å². The van der Waals surface area contributed by atoms with Crippen LogP contribution in [0.4, 0.5) is 5.82 Å². The molecule has 5 nitrogen and oxygen atoms in total. The van der Waals surface area contributed by atoms with Crippen molar-refractivity contribution in [1.29, 1.82) is 5.26 Å². The first kappa shape index (κ1) is 16.0. The first-order valence-corrected chi connectivity index (χ1v) is 8.11. The van der Waals surface area contributed by atoms with E-state index in [1.165, 1.54) is 0 Å². The zero-order chi connectivity index (χ0) is 17.3. The van der Waals surface area contributed by atoms with Crippen LogP contribution >= 0.6 is 0 Å². The average Bonchev–Trinajstić information content (AvgIpc) is 2.60. The second kappa shape index (κ2) is 6.32. The number of nitrogens with two attached hydrogens (primary N) is 1. The molecule has 1 aromatic heterocycles. The van der Waals surface area contributed by atoms with Crippen molar-refractivity contribution in [1.82, 2.24) is 9.88 Å². The fourth-order valence-corrected chi connectivity index (χ4v) is 3.33. The fraction of sp³-hybridized carbons (Fsp3) is 0.316. The molecule has 0 saturated heterocycles. The van der Waals surface area contributed by atoms with Gasteiger partial charge in [0.25, 0.3) is 0 Å². The molecule has 2 heterocycles. The number of aryl methyl sites for hydroxylation is 1. The number of benzene rings is 1. The van der Waals surface area contributed by atoms with E-state index in [-0.39, 0.29) is 11.7 Å². The molecule has 0 fully saturated rings. The summed E-state index contributed by atoms with van der Waals surface area (Å²) in [7, 11) is 0. The third kappa shape index (κ3) is 2.61. The number of anilines is 1. The van der Waals surface area contributed by atoms with Gasteiger partial charge in [0.15, 0.2) is 0 Å². The van der Waals surface area contributed by atoms with E-state index in [0.717, 1.165) is 34.4 Å². The van der Waals surface area contributed by atoms with Gasteiger partial charge >= 0.3 is 0 Å². The normalized spacial score (nSPS) is 13.3. The number of carbonyl (C=O) groups is 1. The largest absolute Gasteiger partial charge is 0.383 e. The zero-order valence-corrected chi connectivity index (χ0v) is 14.0. The van der Waals surface area contributed by atoms with E-state index in [1.54, 1.807) is 11.8 Å². The van der Waals surface area contributed by atoms with Gasteiger partial charge in [-0.1, -0.05) is 31.2 Å². The van der Waals surface area contributed by atoms with Crippen molar-refractivity contribution in [3.8, 4) is 17.2 Å². The van der Waals surface area contributed by atoms with Gasteiger partial charge in [-0.25, -0.2) is 4.98 Å². The molecule has 24 heavy (non-hydrogen) atoms. The van der Waals surface area contributed by atoms with E-state index in [9.17, 15) is 10.1 Å². The Labute approximate surface area is 141 Å². The van der Waals surface area contributed by atoms with Crippen molar-refractivity contribution in [3.63, 3.8) is 0 Å². The Morgan fingerprint density at radius 3 is 2.83 bits per heavy atom. The summed E-state index contributed by atoms with van der Waals surface area (Å²) in [5, 5.41) is 9.65. The number of pyridine rings is 1. The molecule has 0 atom stereocenters. The van der Waals surface area contributed by atoms with Crippen LogP contribution in [0.2, 0.25) is 0 Å². The van der Waals surface area contributed by atoms with Gasteiger partial charge in [0.1, 0.15) is 17.5 Å². The lowest BCUT2D eigenvalue weighted by molar-refractivity contribution is -0.129. The third-order valence-corrected chi connectivity index (χ3v) is 4.60. The second-order valence-corrected chi connectivity index (χ2v) is 5.99. The highest BCUT2D eigenvalue weighted by Gasteiger charge is 2.27. The molecule has 0 spiro atoms. The van der Waals surface area contributed by atoms with Crippen molar-refractivity contribution >= 4 is 11.7 Å². The van der Waals surface area contributed by atoms with Crippen molar-refractivity contribution in [3.05, 3.63) is 46.6 Å². The number of rotatable bonds is 2. The molecule has 0 unspecified atom stereocenters. The number of nitriles is 1. The number of carbonyl (C=O) groups excluding carboxylic acids is 1. The molecular formula is C19H20N4O.